The van der Waals surface area contributed by atoms with Crippen molar-refractivity contribution in [2.45, 2.75) is 39.8 Å². The van der Waals surface area contributed by atoms with Crippen molar-refractivity contribution in [2.24, 2.45) is 0 Å². The Morgan fingerprint density at radius 2 is 2.05 bits per heavy atom. The van der Waals surface area contributed by atoms with Crippen LogP contribution in [0.3, 0.4) is 0 Å². The van der Waals surface area contributed by atoms with Gasteiger partial charge in [-0.3, -0.25) is 4.68 Å². The molecule has 0 amide bonds. The fourth-order valence-electron chi connectivity index (χ4n) is 2.55. The standard InChI is InChI=1S/C16H21BrIN3/c1-4-19-14(12-8-6-7-9-13(12)18)10-15-16(17)11(3)20-21(15)5-2/h6-9,14,19H,4-5,10H2,1-3H3. The molecule has 1 atom stereocenters. The Hall–Kier alpha value is -0.400. The summed E-state index contributed by atoms with van der Waals surface area (Å²) in [5, 5.41) is 8.21. The van der Waals surface area contributed by atoms with Gasteiger partial charge in [-0.1, -0.05) is 25.1 Å². The van der Waals surface area contributed by atoms with Crippen LogP contribution in [0.15, 0.2) is 28.7 Å². The van der Waals surface area contributed by atoms with Crippen LogP contribution in [-0.4, -0.2) is 16.3 Å². The highest BCUT2D eigenvalue weighted by Gasteiger charge is 2.19. The Morgan fingerprint density at radius 3 is 2.67 bits per heavy atom. The average Bonchev–Trinajstić information content (AvgIpc) is 2.75. The Kier molecular flexibility index (Phi) is 6.25. The number of likely N-dealkylation sites (N-methyl/N-ethyl adjacent to an activating group) is 1. The monoisotopic (exact) mass is 461 g/mol. The minimum atomic E-state index is 0.306. The van der Waals surface area contributed by atoms with Gasteiger partial charge in [0, 0.05) is 22.6 Å². The highest BCUT2D eigenvalue weighted by Crippen LogP contribution is 2.28. The number of rotatable bonds is 6. The smallest absolute Gasteiger partial charge is 0.0738 e. The van der Waals surface area contributed by atoms with E-state index in [9.17, 15) is 0 Å². The summed E-state index contributed by atoms with van der Waals surface area (Å²) >= 11 is 6.12. The first kappa shape index (κ1) is 17.0. The molecular formula is C16H21BrIN3. The average molecular weight is 462 g/mol. The van der Waals surface area contributed by atoms with Gasteiger partial charge >= 0.3 is 0 Å². The number of halogens is 2. The number of hydrogen-bond acceptors (Lipinski definition) is 2. The van der Waals surface area contributed by atoms with Crippen molar-refractivity contribution in [2.75, 3.05) is 6.54 Å². The van der Waals surface area contributed by atoms with E-state index in [1.165, 1.54) is 14.8 Å². The molecule has 1 aromatic heterocycles. The second-order valence-electron chi connectivity index (χ2n) is 5.00. The van der Waals surface area contributed by atoms with Gasteiger partial charge in [-0.2, -0.15) is 5.10 Å². The lowest BCUT2D eigenvalue weighted by molar-refractivity contribution is 0.513. The van der Waals surface area contributed by atoms with Gasteiger partial charge in [0.25, 0.3) is 0 Å². The predicted molar refractivity (Wildman–Crippen MR) is 99.6 cm³/mol. The fourth-order valence-corrected chi connectivity index (χ4v) is 3.76. The largest absolute Gasteiger partial charge is 0.310 e. The first-order chi connectivity index (χ1) is 10.1. The minimum Gasteiger partial charge on any atom is -0.310 e. The number of nitrogens with zero attached hydrogens (tertiary/aromatic N) is 2. The number of hydrogen-bond donors (Lipinski definition) is 1. The van der Waals surface area contributed by atoms with Gasteiger partial charge in [0.1, 0.15) is 0 Å². The van der Waals surface area contributed by atoms with Gasteiger partial charge in [-0.15, -0.1) is 0 Å². The lowest BCUT2D eigenvalue weighted by atomic mass is 10.0. The zero-order valence-corrected chi connectivity index (χ0v) is 16.4. The highest BCUT2D eigenvalue weighted by atomic mass is 127. The molecule has 1 aromatic carbocycles. The van der Waals surface area contributed by atoms with Gasteiger partial charge in [0.15, 0.2) is 0 Å². The van der Waals surface area contributed by atoms with E-state index in [2.05, 4.69) is 91.7 Å². The summed E-state index contributed by atoms with van der Waals surface area (Å²) in [6.07, 6.45) is 0.934. The summed E-state index contributed by atoms with van der Waals surface area (Å²) in [5.41, 5.74) is 3.68. The van der Waals surface area contributed by atoms with Crippen molar-refractivity contribution < 1.29 is 0 Å². The van der Waals surface area contributed by atoms with Gasteiger partial charge in [0.2, 0.25) is 0 Å². The van der Waals surface area contributed by atoms with E-state index in [0.29, 0.717) is 6.04 Å². The third-order valence-electron chi connectivity index (χ3n) is 3.58. The molecular weight excluding hydrogens is 441 g/mol. The van der Waals surface area contributed by atoms with Crippen LogP contribution in [0.5, 0.6) is 0 Å². The van der Waals surface area contributed by atoms with Gasteiger partial charge < -0.3 is 5.32 Å². The highest BCUT2D eigenvalue weighted by molar-refractivity contribution is 14.1. The summed E-state index contributed by atoms with van der Waals surface area (Å²) < 4.78 is 4.54. The zero-order chi connectivity index (χ0) is 15.4. The van der Waals surface area contributed by atoms with E-state index < -0.39 is 0 Å². The molecule has 114 valence electrons. The quantitative estimate of drug-likeness (QED) is 0.643. The van der Waals surface area contributed by atoms with Crippen LogP contribution in [0.2, 0.25) is 0 Å². The second-order valence-corrected chi connectivity index (χ2v) is 6.95. The molecule has 21 heavy (non-hydrogen) atoms. The van der Waals surface area contributed by atoms with Crippen LogP contribution in [0.1, 0.15) is 36.8 Å². The van der Waals surface area contributed by atoms with Gasteiger partial charge in [0.05, 0.1) is 15.9 Å². The fraction of sp³-hybridized carbons (Fsp3) is 0.438. The number of aryl methyl sites for hydroxylation is 2. The molecule has 3 nitrogen and oxygen atoms in total. The van der Waals surface area contributed by atoms with E-state index >= 15 is 0 Å². The van der Waals surface area contributed by atoms with E-state index in [0.717, 1.165) is 29.7 Å². The Labute approximate surface area is 148 Å². The maximum absolute atomic E-state index is 4.60. The number of aromatic nitrogens is 2. The van der Waals surface area contributed by atoms with E-state index in [1.807, 2.05) is 6.92 Å². The summed E-state index contributed by atoms with van der Waals surface area (Å²) in [6.45, 7) is 8.18. The molecule has 1 heterocycles. The van der Waals surface area contributed by atoms with Crippen molar-refractivity contribution >= 4 is 38.5 Å². The third kappa shape index (κ3) is 3.87. The molecule has 0 saturated heterocycles. The lowest BCUT2D eigenvalue weighted by Gasteiger charge is -2.20. The summed E-state index contributed by atoms with van der Waals surface area (Å²) in [4.78, 5) is 0. The molecule has 0 aliphatic rings. The molecule has 0 fully saturated rings. The molecule has 0 saturated carbocycles. The normalized spacial score (nSPS) is 12.6. The van der Waals surface area contributed by atoms with Crippen molar-refractivity contribution in [1.29, 1.82) is 0 Å². The molecule has 1 N–H and O–H groups in total. The molecule has 0 bridgehead atoms. The minimum absolute atomic E-state index is 0.306. The summed E-state index contributed by atoms with van der Waals surface area (Å²) in [5.74, 6) is 0. The maximum Gasteiger partial charge on any atom is 0.0738 e. The SMILES string of the molecule is CCNC(Cc1c(Br)c(C)nn1CC)c1ccccc1I. The molecule has 0 radical (unpaired) electrons. The second kappa shape index (κ2) is 7.74. The molecule has 2 rings (SSSR count). The van der Waals surface area contributed by atoms with Crippen molar-refractivity contribution in [3.63, 3.8) is 0 Å². The van der Waals surface area contributed by atoms with Crippen LogP contribution in [0, 0.1) is 10.5 Å². The molecule has 0 aliphatic carbocycles. The third-order valence-corrected chi connectivity index (χ3v) is 5.60. The maximum atomic E-state index is 4.60. The van der Waals surface area contributed by atoms with Crippen molar-refractivity contribution in [3.8, 4) is 0 Å². The summed E-state index contributed by atoms with van der Waals surface area (Å²) in [6, 6.07) is 8.88. The van der Waals surface area contributed by atoms with Crippen LogP contribution < -0.4 is 5.32 Å². The predicted octanol–water partition coefficient (Wildman–Crippen LogP) is 4.47. The molecule has 5 heteroatoms. The number of benzene rings is 1. The molecule has 0 aliphatic heterocycles. The first-order valence-corrected chi connectivity index (χ1v) is 9.15. The van der Waals surface area contributed by atoms with Crippen LogP contribution in [-0.2, 0) is 13.0 Å². The van der Waals surface area contributed by atoms with E-state index in [4.69, 9.17) is 0 Å². The first-order valence-electron chi connectivity index (χ1n) is 7.28. The van der Waals surface area contributed by atoms with E-state index in [1.54, 1.807) is 0 Å². The van der Waals surface area contributed by atoms with Gasteiger partial charge in [-0.05, 0) is 70.5 Å². The van der Waals surface area contributed by atoms with Crippen LogP contribution in [0.4, 0.5) is 0 Å². The van der Waals surface area contributed by atoms with Gasteiger partial charge in [-0.25, -0.2) is 0 Å². The van der Waals surface area contributed by atoms with Crippen molar-refractivity contribution in [1.82, 2.24) is 15.1 Å². The zero-order valence-electron chi connectivity index (χ0n) is 12.7. The topological polar surface area (TPSA) is 29.9 Å². The number of nitrogens with one attached hydrogen (secondary N) is 1. The lowest BCUT2D eigenvalue weighted by Crippen LogP contribution is -2.25. The van der Waals surface area contributed by atoms with E-state index in [-0.39, 0.29) is 0 Å². The Bertz CT molecular complexity index is 610. The summed E-state index contributed by atoms with van der Waals surface area (Å²) in [7, 11) is 0. The molecule has 0 spiro atoms. The van der Waals surface area contributed by atoms with Crippen LogP contribution >= 0.6 is 38.5 Å². The Morgan fingerprint density at radius 1 is 1.33 bits per heavy atom. The molecule has 1 unspecified atom stereocenters. The van der Waals surface area contributed by atoms with Crippen LogP contribution in [0.25, 0.3) is 0 Å². The Balaban J connectivity index is 2.35. The molecule has 2 aromatic rings. The van der Waals surface area contributed by atoms with Crippen molar-refractivity contribution in [3.05, 3.63) is 49.3 Å².